The number of hydrogen-bond donors (Lipinski definition) is 3. The molecule has 0 aliphatic carbocycles. The molecule has 0 saturated carbocycles. The van der Waals surface area contributed by atoms with Gasteiger partial charge in [0.1, 0.15) is 0 Å². The Kier molecular flexibility index (Phi) is 7.20. The first-order chi connectivity index (χ1) is 15.1. The van der Waals surface area contributed by atoms with Crippen LogP contribution in [0.25, 0.3) is 11.1 Å². The van der Waals surface area contributed by atoms with Crippen molar-refractivity contribution in [3.8, 4) is 11.1 Å². The Morgan fingerprint density at radius 1 is 1.12 bits per heavy atom. The largest absolute Gasteiger partial charge is 0.389 e. The molecule has 0 radical (unpaired) electrons. The molecule has 0 spiro atoms. The number of benzene rings is 2. The van der Waals surface area contributed by atoms with Crippen LogP contribution in [0.2, 0.25) is 0 Å². The maximum absolute atomic E-state index is 13.2. The summed E-state index contributed by atoms with van der Waals surface area (Å²) in [6.07, 6.45) is -5.48. The maximum Gasteiger partial charge on any atom is 0.389 e. The summed E-state index contributed by atoms with van der Waals surface area (Å²) in [7, 11) is 0. The fraction of sp³-hybridized carbons (Fsp3) is 0.391. The van der Waals surface area contributed by atoms with Crippen molar-refractivity contribution < 1.29 is 22.8 Å². The van der Waals surface area contributed by atoms with E-state index in [-0.39, 0.29) is 18.9 Å². The van der Waals surface area contributed by atoms with Crippen molar-refractivity contribution in [2.24, 2.45) is 5.73 Å². The van der Waals surface area contributed by atoms with Gasteiger partial charge in [0.2, 0.25) is 0 Å². The molecule has 1 aliphatic heterocycles. The third-order valence-electron chi connectivity index (χ3n) is 5.55. The van der Waals surface area contributed by atoms with Gasteiger partial charge in [0.05, 0.1) is 17.6 Å². The quantitative estimate of drug-likeness (QED) is 0.605. The second kappa shape index (κ2) is 9.70. The summed E-state index contributed by atoms with van der Waals surface area (Å²) >= 11 is 0. The van der Waals surface area contributed by atoms with E-state index in [2.05, 4.69) is 10.7 Å². The van der Waals surface area contributed by atoms with Crippen molar-refractivity contribution in [1.82, 2.24) is 10.7 Å². The molecule has 6 nitrogen and oxygen atoms in total. The molecule has 4 N–H and O–H groups in total. The number of alkyl halides is 3. The highest BCUT2D eigenvalue weighted by molar-refractivity contribution is 6.06. The molecule has 2 aromatic rings. The molecule has 2 amide bonds. The van der Waals surface area contributed by atoms with Crippen LogP contribution in [-0.2, 0) is 9.59 Å². The van der Waals surface area contributed by atoms with Gasteiger partial charge in [-0.2, -0.15) is 13.2 Å². The summed E-state index contributed by atoms with van der Waals surface area (Å²) in [6, 6.07) is 13.4. The summed E-state index contributed by atoms with van der Waals surface area (Å²) < 4.78 is 37.0. The van der Waals surface area contributed by atoms with Gasteiger partial charge in [-0.15, -0.1) is 0 Å². The predicted octanol–water partition coefficient (Wildman–Crippen LogP) is 3.48. The molecule has 0 bridgehead atoms. The van der Waals surface area contributed by atoms with Crippen LogP contribution in [0.1, 0.15) is 38.2 Å². The van der Waals surface area contributed by atoms with Crippen LogP contribution in [0.5, 0.6) is 0 Å². The van der Waals surface area contributed by atoms with E-state index in [1.165, 1.54) is 5.01 Å². The maximum atomic E-state index is 13.2. The van der Waals surface area contributed by atoms with Crippen LogP contribution >= 0.6 is 0 Å². The topological polar surface area (TPSA) is 87.5 Å². The van der Waals surface area contributed by atoms with Gasteiger partial charge < -0.3 is 11.1 Å². The smallest absolute Gasteiger partial charge is 0.327 e. The minimum absolute atomic E-state index is 0.0387. The number of fused-ring (bicyclic) bond motifs is 3. The summed E-state index contributed by atoms with van der Waals surface area (Å²) in [6.45, 7) is 3.39. The van der Waals surface area contributed by atoms with Crippen LogP contribution in [0.15, 0.2) is 48.5 Å². The van der Waals surface area contributed by atoms with Crippen molar-refractivity contribution in [2.75, 3.05) is 11.6 Å². The van der Waals surface area contributed by atoms with E-state index >= 15 is 0 Å². The monoisotopic (exact) mass is 448 g/mol. The Balaban J connectivity index is 1.72. The first-order valence-electron chi connectivity index (χ1n) is 10.5. The Hall–Kier alpha value is -2.91. The molecule has 32 heavy (non-hydrogen) atoms. The minimum atomic E-state index is -4.27. The van der Waals surface area contributed by atoms with Crippen LogP contribution in [0.4, 0.5) is 18.9 Å². The lowest BCUT2D eigenvalue weighted by molar-refractivity contribution is -0.136. The fourth-order valence-corrected chi connectivity index (χ4v) is 3.66. The number of anilines is 1. The highest BCUT2D eigenvalue weighted by atomic mass is 19.4. The summed E-state index contributed by atoms with van der Waals surface area (Å²) in [5, 5.41) is 4.10. The van der Waals surface area contributed by atoms with Gasteiger partial charge in [0.15, 0.2) is 0 Å². The van der Waals surface area contributed by atoms with Crippen molar-refractivity contribution >= 4 is 17.5 Å². The Labute approximate surface area is 184 Å². The number of halogens is 3. The molecule has 2 aromatic carbocycles. The number of nitrogens with two attached hydrogens (primary N) is 1. The number of nitrogens with zero attached hydrogens (tertiary/aromatic N) is 1. The average Bonchev–Trinajstić information content (AvgIpc) is 2.85. The fourth-order valence-electron chi connectivity index (χ4n) is 3.66. The molecule has 0 fully saturated rings. The number of rotatable bonds is 7. The number of amides is 2. The Morgan fingerprint density at radius 2 is 1.75 bits per heavy atom. The van der Waals surface area contributed by atoms with E-state index in [1.807, 2.05) is 36.4 Å². The predicted molar refractivity (Wildman–Crippen MR) is 117 cm³/mol. The van der Waals surface area contributed by atoms with E-state index < -0.39 is 36.5 Å². The van der Waals surface area contributed by atoms with Crippen LogP contribution in [-0.4, -0.2) is 36.6 Å². The first kappa shape index (κ1) is 23.7. The van der Waals surface area contributed by atoms with Gasteiger partial charge in [0.25, 0.3) is 11.8 Å². The number of hydrazine groups is 1. The van der Waals surface area contributed by atoms with E-state index in [0.29, 0.717) is 5.69 Å². The van der Waals surface area contributed by atoms with Gasteiger partial charge in [-0.05, 0) is 37.5 Å². The zero-order chi connectivity index (χ0) is 23.5. The van der Waals surface area contributed by atoms with E-state index in [9.17, 15) is 22.8 Å². The van der Waals surface area contributed by atoms with E-state index in [4.69, 9.17) is 5.73 Å². The van der Waals surface area contributed by atoms with Crippen molar-refractivity contribution in [1.29, 1.82) is 0 Å². The molecule has 1 heterocycles. The molecular formula is C23H27F3N4O2. The molecule has 9 heteroatoms. The molecule has 1 aliphatic rings. The number of nitrogens with one attached hydrogen (secondary N) is 2. The van der Waals surface area contributed by atoms with E-state index in [1.54, 1.807) is 26.0 Å². The van der Waals surface area contributed by atoms with E-state index in [0.717, 1.165) is 16.7 Å². The Bertz CT molecular complexity index is 980. The summed E-state index contributed by atoms with van der Waals surface area (Å²) in [4.78, 5) is 26.0. The highest BCUT2D eigenvalue weighted by Crippen LogP contribution is 2.39. The number of carbonyl (C=O) groups excluding carboxylic acids is 2. The number of para-hydroxylation sites is 1. The second-order valence-corrected chi connectivity index (χ2v) is 8.02. The number of carbonyl (C=O) groups is 2. The van der Waals surface area contributed by atoms with Crippen LogP contribution in [0.3, 0.4) is 0 Å². The van der Waals surface area contributed by atoms with Crippen molar-refractivity contribution in [2.45, 2.75) is 50.9 Å². The molecule has 172 valence electrons. The normalized spacial score (nSPS) is 17.8. The second-order valence-electron chi connectivity index (χ2n) is 8.02. The summed E-state index contributed by atoms with van der Waals surface area (Å²) in [5.41, 5.74) is 11.6. The number of hydrogen-bond acceptors (Lipinski definition) is 4. The lowest BCUT2D eigenvalue weighted by Gasteiger charge is -2.27. The summed E-state index contributed by atoms with van der Waals surface area (Å²) in [5.74, 6) is -1.27. The van der Waals surface area contributed by atoms with Crippen molar-refractivity contribution in [3.05, 3.63) is 54.1 Å². The minimum Gasteiger partial charge on any atom is -0.327 e. The molecule has 3 rings (SSSR count). The van der Waals surface area contributed by atoms with Crippen LogP contribution in [0, 0.1) is 0 Å². The van der Waals surface area contributed by atoms with Gasteiger partial charge in [0, 0.05) is 24.6 Å². The van der Waals surface area contributed by atoms with Gasteiger partial charge in [-0.25, -0.2) is 5.01 Å². The SMILES string of the molecule is CC1C(=O)N(NC(=O)[C@H](C)NCC(N)CCC(F)(F)F)c2ccccc2-c2ccccc21. The van der Waals surface area contributed by atoms with Crippen LogP contribution < -0.4 is 21.5 Å². The highest BCUT2D eigenvalue weighted by Gasteiger charge is 2.33. The van der Waals surface area contributed by atoms with Crippen molar-refractivity contribution in [3.63, 3.8) is 0 Å². The molecule has 2 unspecified atom stereocenters. The third kappa shape index (κ3) is 5.46. The van der Waals surface area contributed by atoms with Gasteiger partial charge in [-0.3, -0.25) is 15.0 Å². The third-order valence-corrected chi connectivity index (χ3v) is 5.55. The average molecular weight is 448 g/mol. The standard InChI is InChI=1S/C23H27F3N4O2/c1-14-17-7-3-4-8-18(17)19-9-5-6-10-20(19)30(22(14)32)29-21(31)15(2)28-13-16(27)11-12-23(24,25)26/h3-10,14-16,28H,11-13,27H2,1-2H3,(H,29,31)/t14?,15-,16?/m0/s1. The molecular weight excluding hydrogens is 421 g/mol. The first-order valence-corrected chi connectivity index (χ1v) is 10.5. The molecule has 0 aromatic heterocycles. The molecule has 0 saturated heterocycles. The zero-order valence-electron chi connectivity index (χ0n) is 17.9. The van der Waals surface area contributed by atoms with Gasteiger partial charge in [-0.1, -0.05) is 42.5 Å². The lowest BCUT2D eigenvalue weighted by atomic mass is 9.92. The van der Waals surface area contributed by atoms with Gasteiger partial charge >= 0.3 is 6.18 Å². The zero-order valence-corrected chi connectivity index (χ0v) is 17.9. The Morgan fingerprint density at radius 3 is 2.44 bits per heavy atom. The molecule has 3 atom stereocenters. The lowest BCUT2D eigenvalue weighted by Crippen LogP contribution is -2.54.